The van der Waals surface area contributed by atoms with E-state index in [-0.39, 0.29) is 11.2 Å². The van der Waals surface area contributed by atoms with Crippen LogP contribution in [0.3, 0.4) is 0 Å². The first-order valence-corrected chi connectivity index (χ1v) is 14.1. The molecule has 0 radical (unpaired) electrons. The fourth-order valence-electron chi connectivity index (χ4n) is 4.86. The number of hydrogen-bond acceptors (Lipinski definition) is 6. The van der Waals surface area contributed by atoms with E-state index in [4.69, 9.17) is 0 Å². The van der Waals surface area contributed by atoms with Gasteiger partial charge in [0, 0.05) is 22.4 Å². The number of anilines is 1. The maximum Gasteiger partial charge on any atom is 0.573 e. The van der Waals surface area contributed by atoms with Gasteiger partial charge < -0.3 is 4.74 Å². The summed E-state index contributed by atoms with van der Waals surface area (Å²) < 4.78 is 42.5. The molecule has 2 aliphatic rings. The number of amidine groups is 1. The molecule has 6 rings (SSSR count). The Morgan fingerprint density at radius 1 is 1.07 bits per heavy atom. The molecule has 218 valence electrons. The number of thioether (sulfide) groups is 1. The number of alkyl halides is 3. The van der Waals surface area contributed by atoms with E-state index in [9.17, 15) is 18.0 Å². The molecular formula is C30H24F3N7O2S. The molecule has 13 heteroatoms. The number of rotatable bonds is 5. The number of halogens is 3. The van der Waals surface area contributed by atoms with Crippen LogP contribution in [0.15, 0.2) is 101 Å². The Morgan fingerprint density at radius 3 is 2.56 bits per heavy atom. The Kier molecular flexibility index (Phi) is 7.26. The second-order valence-electron chi connectivity index (χ2n) is 10.2. The molecule has 1 saturated heterocycles. The van der Waals surface area contributed by atoms with Crippen molar-refractivity contribution in [3.05, 3.63) is 102 Å². The van der Waals surface area contributed by atoms with Gasteiger partial charge in [0.05, 0.1) is 17.6 Å². The zero-order valence-electron chi connectivity index (χ0n) is 22.9. The van der Waals surface area contributed by atoms with Gasteiger partial charge in [-0.15, -0.1) is 18.3 Å². The minimum absolute atomic E-state index is 0.110. The van der Waals surface area contributed by atoms with Crippen LogP contribution in [0, 0.1) is 0 Å². The molecule has 0 atom stereocenters. The largest absolute Gasteiger partial charge is 0.573 e. The lowest BCUT2D eigenvalue weighted by atomic mass is 9.80. The lowest BCUT2D eigenvalue weighted by molar-refractivity contribution is -0.274. The third-order valence-electron chi connectivity index (χ3n) is 6.76. The number of aliphatic imine (C=N–C) groups is 1. The van der Waals surface area contributed by atoms with Gasteiger partial charge in [0.1, 0.15) is 12.1 Å². The first-order chi connectivity index (χ1) is 20.6. The van der Waals surface area contributed by atoms with E-state index in [0.29, 0.717) is 16.7 Å². The van der Waals surface area contributed by atoms with Crippen LogP contribution in [0.2, 0.25) is 0 Å². The summed E-state index contributed by atoms with van der Waals surface area (Å²) in [5.41, 5.74) is 7.62. The number of hydrogen-bond donors (Lipinski definition) is 1. The molecule has 3 aromatic carbocycles. The summed E-state index contributed by atoms with van der Waals surface area (Å²) in [6, 6.07) is 20.0. The molecule has 2 aliphatic heterocycles. The normalized spacial score (nSPS) is 16.6. The number of urea groups is 1. The van der Waals surface area contributed by atoms with Gasteiger partial charge in [-0.1, -0.05) is 74.1 Å². The fraction of sp³-hybridized carbons (Fsp3) is 0.167. The van der Waals surface area contributed by atoms with Gasteiger partial charge in [-0.25, -0.2) is 19.9 Å². The van der Waals surface area contributed by atoms with Crippen molar-refractivity contribution in [2.45, 2.75) is 25.6 Å². The number of amides is 2. The number of benzene rings is 3. The van der Waals surface area contributed by atoms with Crippen LogP contribution in [-0.4, -0.2) is 44.3 Å². The third kappa shape index (κ3) is 6.16. The first kappa shape index (κ1) is 28.2. The van der Waals surface area contributed by atoms with Crippen molar-refractivity contribution >= 4 is 34.9 Å². The van der Waals surface area contributed by atoms with Crippen LogP contribution < -0.4 is 15.1 Å². The summed E-state index contributed by atoms with van der Waals surface area (Å²) in [5.74, 6) is 0.835. The van der Waals surface area contributed by atoms with E-state index < -0.39 is 12.4 Å². The monoisotopic (exact) mass is 603 g/mol. The molecule has 43 heavy (non-hydrogen) atoms. The predicted octanol–water partition coefficient (Wildman–Crippen LogP) is 6.66. The molecule has 0 bridgehead atoms. The van der Waals surface area contributed by atoms with Crippen LogP contribution in [-0.2, 0) is 5.41 Å². The SMILES string of the molecule is CC1(C)C=C2CS/C(=N\C(=O)N/N=C/c3ccc(-c4ncn(-c5ccc(OC(F)(F)F)cc5)n4)cc3)N2c2ccccc21. The maximum absolute atomic E-state index is 12.6. The van der Waals surface area contributed by atoms with Crippen molar-refractivity contribution in [2.24, 2.45) is 10.1 Å². The molecule has 0 unspecified atom stereocenters. The van der Waals surface area contributed by atoms with E-state index in [2.05, 4.69) is 56.3 Å². The van der Waals surface area contributed by atoms with E-state index in [0.717, 1.165) is 28.3 Å². The number of hydrazone groups is 1. The number of para-hydroxylation sites is 1. The summed E-state index contributed by atoms with van der Waals surface area (Å²) in [6.07, 6.45) is 0.434. The van der Waals surface area contributed by atoms with Crippen molar-refractivity contribution in [1.82, 2.24) is 20.2 Å². The quantitative estimate of drug-likeness (QED) is 0.202. The van der Waals surface area contributed by atoms with Gasteiger partial charge in [0.2, 0.25) is 0 Å². The van der Waals surface area contributed by atoms with Crippen molar-refractivity contribution in [3.63, 3.8) is 0 Å². The highest BCUT2D eigenvalue weighted by atomic mass is 32.2. The predicted molar refractivity (Wildman–Crippen MR) is 160 cm³/mol. The lowest BCUT2D eigenvalue weighted by Gasteiger charge is -2.35. The number of allylic oxidation sites excluding steroid dienone is 1. The molecule has 9 nitrogen and oxygen atoms in total. The third-order valence-corrected chi connectivity index (χ3v) is 7.73. The number of aromatic nitrogens is 3. The Balaban J connectivity index is 1.08. The Morgan fingerprint density at radius 2 is 1.81 bits per heavy atom. The van der Waals surface area contributed by atoms with Crippen LogP contribution >= 0.6 is 11.8 Å². The Bertz CT molecular complexity index is 1760. The van der Waals surface area contributed by atoms with Crippen LogP contribution in [0.5, 0.6) is 5.75 Å². The van der Waals surface area contributed by atoms with Gasteiger partial charge in [-0.05, 0) is 41.5 Å². The number of fused-ring (bicyclic) bond motifs is 3. The minimum atomic E-state index is -4.76. The molecule has 0 aliphatic carbocycles. The van der Waals surface area contributed by atoms with Crippen molar-refractivity contribution in [1.29, 1.82) is 0 Å². The van der Waals surface area contributed by atoms with Gasteiger partial charge in [-0.2, -0.15) is 10.1 Å². The Hall–Kier alpha value is -4.91. The van der Waals surface area contributed by atoms with Crippen LogP contribution in [0.4, 0.5) is 23.7 Å². The second kappa shape index (κ2) is 11.1. The van der Waals surface area contributed by atoms with Crippen LogP contribution in [0.1, 0.15) is 25.0 Å². The summed E-state index contributed by atoms with van der Waals surface area (Å²) in [4.78, 5) is 23.2. The average Bonchev–Trinajstić information content (AvgIpc) is 3.61. The highest BCUT2D eigenvalue weighted by Crippen LogP contribution is 2.45. The first-order valence-electron chi connectivity index (χ1n) is 13.1. The van der Waals surface area contributed by atoms with E-state index in [1.165, 1.54) is 58.8 Å². The molecule has 0 saturated carbocycles. The molecule has 1 fully saturated rings. The summed E-state index contributed by atoms with van der Waals surface area (Å²) in [6.45, 7) is 4.35. The minimum Gasteiger partial charge on any atom is -0.406 e. The number of ether oxygens (including phenoxy) is 1. The van der Waals surface area contributed by atoms with E-state index in [1.54, 1.807) is 24.3 Å². The molecular weight excluding hydrogens is 579 g/mol. The molecule has 4 aromatic rings. The molecule has 3 heterocycles. The van der Waals surface area contributed by atoms with Gasteiger partial charge >= 0.3 is 12.4 Å². The maximum atomic E-state index is 12.6. The molecule has 0 spiro atoms. The van der Waals surface area contributed by atoms with Crippen LogP contribution in [0.25, 0.3) is 17.1 Å². The Labute approximate surface area is 248 Å². The summed E-state index contributed by atoms with van der Waals surface area (Å²) >= 11 is 1.51. The van der Waals surface area contributed by atoms with Gasteiger partial charge in [-0.3, -0.25) is 4.90 Å². The number of nitrogens with zero attached hydrogens (tertiary/aromatic N) is 6. The van der Waals surface area contributed by atoms with Crippen molar-refractivity contribution in [3.8, 4) is 22.8 Å². The second-order valence-corrected chi connectivity index (χ2v) is 11.2. The van der Waals surface area contributed by atoms with Crippen molar-refractivity contribution in [2.75, 3.05) is 10.7 Å². The zero-order chi connectivity index (χ0) is 30.2. The van der Waals surface area contributed by atoms with Gasteiger partial charge in [0.15, 0.2) is 11.0 Å². The number of nitrogens with one attached hydrogen (secondary N) is 1. The highest BCUT2D eigenvalue weighted by Gasteiger charge is 2.37. The average molecular weight is 604 g/mol. The van der Waals surface area contributed by atoms with Crippen molar-refractivity contribution < 1.29 is 22.7 Å². The fourth-order valence-corrected chi connectivity index (χ4v) is 5.84. The molecule has 2 amide bonds. The molecule has 1 aromatic heterocycles. The standard InChI is InChI=1S/C30H24F3N7O2S/c1-29(2)15-22-17-43-28(40(22)25-6-4-3-5-24(25)29)36-27(41)37-35-16-19-7-9-20(10-8-19)26-34-18-39(38-26)21-11-13-23(14-12-21)42-30(31,32)33/h3-16,18H,17H2,1-2H3,(H,37,41)/b35-16+,36-28-. The summed E-state index contributed by atoms with van der Waals surface area (Å²) in [7, 11) is 0. The van der Waals surface area contributed by atoms with E-state index >= 15 is 0 Å². The smallest absolute Gasteiger partial charge is 0.406 e. The number of carbonyl (C=O) groups is 1. The molecule has 1 N–H and O–H groups in total. The van der Waals surface area contributed by atoms with Gasteiger partial charge in [0.25, 0.3) is 0 Å². The number of carbonyl (C=O) groups excluding carboxylic acids is 1. The topological polar surface area (TPSA) is 97.0 Å². The zero-order valence-corrected chi connectivity index (χ0v) is 23.7. The lowest BCUT2D eigenvalue weighted by Crippen LogP contribution is -2.33. The highest BCUT2D eigenvalue weighted by molar-refractivity contribution is 8.14. The summed E-state index contributed by atoms with van der Waals surface area (Å²) in [5, 5.41) is 9.04. The van der Waals surface area contributed by atoms with E-state index in [1.807, 2.05) is 23.1 Å².